The van der Waals surface area contributed by atoms with Gasteiger partial charge in [-0.1, -0.05) is 140 Å². The predicted molar refractivity (Wildman–Crippen MR) is 252 cm³/mol. The fourth-order valence-electron chi connectivity index (χ4n) is 7.59. The number of carbonyl (C=O) groups is 2. The van der Waals surface area contributed by atoms with Gasteiger partial charge in [0, 0.05) is 12.8 Å². The second kappa shape index (κ2) is 38.3. The zero-order valence-electron chi connectivity index (χ0n) is 40.2. The molecule has 2 aliphatic heterocycles. The molecule has 0 spiro atoms. The molecule has 0 aromatic heterocycles. The predicted octanol–water partition coefficient (Wildman–Crippen LogP) is 6.71. The Balaban J connectivity index is 1.85. The molecule has 382 valence electrons. The van der Waals surface area contributed by atoms with Gasteiger partial charge in [-0.3, -0.25) is 9.59 Å². The van der Waals surface area contributed by atoms with Crippen LogP contribution < -0.4 is 0 Å². The van der Waals surface area contributed by atoms with Crippen LogP contribution in [0.5, 0.6) is 0 Å². The highest BCUT2D eigenvalue weighted by molar-refractivity contribution is 5.70. The molecule has 15 heteroatoms. The molecule has 66 heavy (non-hydrogen) atoms. The number of allylic oxidation sites excluding steroid dienone is 8. The molecule has 2 aliphatic rings. The molecule has 15 nitrogen and oxygen atoms in total. The number of hydrogen-bond donors (Lipinski definition) is 7. The first-order valence-corrected chi connectivity index (χ1v) is 25.2. The van der Waals surface area contributed by atoms with Crippen molar-refractivity contribution in [3.05, 3.63) is 48.6 Å². The summed E-state index contributed by atoms with van der Waals surface area (Å²) in [4.78, 5) is 25.7. The second-order valence-corrected chi connectivity index (χ2v) is 17.6. The molecular weight excluding hydrogens is 853 g/mol. The Kier molecular flexibility index (Phi) is 34.6. The lowest BCUT2D eigenvalue weighted by Crippen LogP contribution is -2.61. The Morgan fingerprint density at radius 1 is 0.485 bits per heavy atom. The Morgan fingerprint density at radius 2 is 0.939 bits per heavy atom. The van der Waals surface area contributed by atoms with Gasteiger partial charge in [0.1, 0.15) is 55.4 Å². The second-order valence-electron chi connectivity index (χ2n) is 17.6. The number of unbranched alkanes of at least 4 members (excludes halogenated alkanes) is 16. The van der Waals surface area contributed by atoms with Gasteiger partial charge in [-0.15, -0.1) is 0 Å². The molecule has 2 rings (SSSR count). The van der Waals surface area contributed by atoms with E-state index in [4.69, 9.17) is 28.4 Å². The first-order chi connectivity index (χ1) is 32.0. The number of aliphatic hydroxyl groups excluding tert-OH is 7. The maximum atomic E-state index is 13.0. The highest BCUT2D eigenvalue weighted by Crippen LogP contribution is 2.26. The van der Waals surface area contributed by atoms with E-state index in [0.717, 1.165) is 44.9 Å². The smallest absolute Gasteiger partial charge is 0.306 e. The van der Waals surface area contributed by atoms with Gasteiger partial charge in [-0.25, -0.2) is 0 Å². The van der Waals surface area contributed by atoms with Crippen molar-refractivity contribution in [3.8, 4) is 0 Å². The molecule has 0 aliphatic carbocycles. The third kappa shape index (κ3) is 26.3. The Bertz CT molecular complexity index is 1340. The molecule has 0 radical (unpaired) electrons. The van der Waals surface area contributed by atoms with E-state index in [1.807, 2.05) is 6.08 Å². The largest absolute Gasteiger partial charge is 0.462 e. The van der Waals surface area contributed by atoms with E-state index in [9.17, 15) is 45.3 Å². The summed E-state index contributed by atoms with van der Waals surface area (Å²) in [6, 6.07) is 0. The topological polar surface area (TPSA) is 231 Å². The van der Waals surface area contributed by atoms with Gasteiger partial charge in [0.05, 0.1) is 19.8 Å². The van der Waals surface area contributed by atoms with E-state index in [1.165, 1.54) is 83.5 Å². The van der Waals surface area contributed by atoms with Crippen LogP contribution in [0.4, 0.5) is 0 Å². The SMILES string of the molecule is CCCCC/C=C/C/C=C/C/C=C/CCCCC(=O)O[C@H](COC(=O)CC/C=C/CCCCCCCCCCCCC)CO[C@@H]1O[C@H](CO[C@@H]2O[C@H](CO)[C@H](O)C(O)C2O)[C@H](O)C(O)C1O. The molecule has 0 aromatic carbocycles. The van der Waals surface area contributed by atoms with Crippen molar-refractivity contribution in [2.45, 2.75) is 235 Å². The fraction of sp³-hybridized carbons (Fsp3) is 0.804. The molecule has 0 aromatic rings. The van der Waals surface area contributed by atoms with Crippen LogP contribution in [0.3, 0.4) is 0 Å². The standard InChI is InChI=1S/C51H88O15/c1-3-5-7-9-11-13-15-17-19-21-23-25-27-29-31-33-42(53)61-36-39(64-43(54)34-32-30-28-26-24-22-20-18-16-14-12-10-8-6-4-2)37-62-50-49(60)47(58)45(56)41(66-50)38-63-51-48(59)46(57)44(55)40(35-52)65-51/h12,14,18,20,24,26-27,29,39-41,44-52,55-60H,3-11,13,15-17,19,21-23,25,28,30-38H2,1-2H3/b14-12+,20-18+,26-24+,29-27+/t39-,40-,41-,44+,45+,46?,47?,48?,49?,50-,51-/m1/s1. The minimum atomic E-state index is -1.78. The number of aliphatic hydroxyl groups is 7. The van der Waals surface area contributed by atoms with Crippen molar-refractivity contribution < 1.29 is 73.8 Å². The average Bonchev–Trinajstić information content (AvgIpc) is 3.31. The maximum Gasteiger partial charge on any atom is 0.306 e. The summed E-state index contributed by atoms with van der Waals surface area (Å²) in [7, 11) is 0. The summed E-state index contributed by atoms with van der Waals surface area (Å²) in [6.07, 6.45) is 24.4. The lowest BCUT2D eigenvalue weighted by atomic mass is 9.98. The monoisotopic (exact) mass is 941 g/mol. The molecule has 2 fully saturated rings. The van der Waals surface area contributed by atoms with Crippen LogP contribution in [-0.2, 0) is 38.0 Å². The number of ether oxygens (including phenoxy) is 6. The average molecular weight is 941 g/mol. The third-order valence-corrected chi connectivity index (χ3v) is 11.8. The van der Waals surface area contributed by atoms with Crippen molar-refractivity contribution in [1.29, 1.82) is 0 Å². The van der Waals surface area contributed by atoms with Crippen LogP contribution in [-0.4, -0.2) is 142 Å². The number of carbonyl (C=O) groups excluding carboxylic acids is 2. The summed E-state index contributed by atoms with van der Waals surface area (Å²) in [5.41, 5.74) is 0. The van der Waals surface area contributed by atoms with E-state index in [1.54, 1.807) is 0 Å². The quantitative estimate of drug-likeness (QED) is 0.0194. The summed E-state index contributed by atoms with van der Waals surface area (Å²) >= 11 is 0. The number of hydrogen-bond acceptors (Lipinski definition) is 15. The van der Waals surface area contributed by atoms with Crippen LogP contribution >= 0.6 is 0 Å². The van der Waals surface area contributed by atoms with Gasteiger partial charge < -0.3 is 64.2 Å². The maximum absolute atomic E-state index is 13.0. The first-order valence-electron chi connectivity index (χ1n) is 25.2. The molecule has 2 heterocycles. The zero-order valence-corrected chi connectivity index (χ0v) is 40.2. The minimum absolute atomic E-state index is 0.109. The summed E-state index contributed by atoms with van der Waals surface area (Å²) in [6.45, 7) is 2.47. The highest BCUT2D eigenvalue weighted by atomic mass is 16.7. The van der Waals surface area contributed by atoms with E-state index in [-0.39, 0.29) is 19.4 Å². The fourth-order valence-corrected chi connectivity index (χ4v) is 7.59. The van der Waals surface area contributed by atoms with E-state index < -0.39 is 99.3 Å². The normalized spacial score (nSPS) is 26.6. The Hall–Kier alpha value is -2.54. The van der Waals surface area contributed by atoms with Crippen LogP contribution in [0.2, 0.25) is 0 Å². The van der Waals surface area contributed by atoms with Crippen LogP contribution in [0.15, 0.2) is 48.6 Å². The summed E-state index contributed by atoms with van der Waals surface area (Å²) in [5, 5.41) is 72.0. The van der Waals surface area contributed by atoms with Gasteiger partial charge >= 0.3 is 11.9 Å². The van der Waals surface area contributed by atoms with Crippen LogP contribution in [0.25, 0.3) is 0 Å². The molecule has 0 bridgehead atoms. The molecule has 0 amide bonds. The molecular formula is C51H88O15. The van der Waals surface area contributed by atoms with E-state index in [2.05, 4.69) is 56.4 Å². The van der Waals surface area contributed by atoms with Gasteiger partial charge in [0.2, 0.25) is 0 Å². The lowest BCUT2D eigenvalue weighted by Gasteiger charge is -2.42. The molecule has 4 unspecified atom stereocenters. The van der Waals surface area contributed by atoms with Crippen molar-refractivity contribution in [1.82, 2.24) is 0 Å². The number of esters is 2. The van der Waals surface area contributed by atoms with Crippen molar-refractivity contribution in [3.63, 3.8) is 0 Å². The van der Waals surface area contributed by atoms with Crippen molar-refractivity contribution in [2.24, 2.45) is 0 Å². The minimum Gasteiger partial charge on any atom is -0.462 e. The molecule has 7 N–H and O–H groups in total. The molecule has 11 atom stereocenters. The van der Waals surface area contributed by atoms with Crippen LogP contribution in [0.1, 0.15) is 168 Å². The van der Waals surface area contributed by atoms with Crippen molar-refractivity contribution >= 4 is 11.9 Å². The Labute approximate surface area is 395 Å². The molecule has 2 saturated heterocycles. The van der Waals surface area contributed by atoms with Gasteiger partial charge in [-0.05, 0) is 64.2 Å². The van der Waals surface area contributed by atoms with Crippen molar-refractivity contribution in [2.75, 3.05) is 26.4 Å². The Morgan fingerprint density at radius 3 is 1.53 bits per heavy atom. The van der Waals surface area contributed by atoms with E-state index in [0.29, 0.717) is 12.8 Å². The van der Waals surface area contributed by atoms with Gasteiger partial charge in [0.25, 0.3) is 0 Å². The first kappa shape index (κ1) is 59.6. The summed E-state index contributed by atoms with van der Waals surface area (Å²) < 4.78 is 33.4. The third-order valence-electron chi connectivity index (χ3n) is 11.8. The molecule has 0 saturated carbocycles. The summed E-state index contributed by atoms with van der Waals surface area (Å²) in [5.74, 6) is -1.03. The highest BCUT2D eigenvalue weighted by Gasteiger charge is 2.47. The zero-order chi connectivity index (χ0) is 48.2. The van der Waals surface area contributed by atoms with Crippen LogP contribution in [0, 0.1) is 0 Å². The van der Waals surface area contributed by atoms with E-state index >= 15 is 0 Å². The number of rotatable bonds is 38. The van der Waals surface area contributed by atoms with Gasteiger partial charge in [-0.2, -0.15) is 0 Å². The van der Waals surface area contributed by atoms with Gasteiger partial charge in [0.15, 0.2) is 18.7 Å². The lowest BCUT2D eigenvalue weighted by molar-refractivity contribution is -0.332.